The van der Waals surface area contributed by atoms with Gasteiger partial charge in [-0.3, -0.25) is 0 Å². The topological polar surface area (TPSA) is 0 Å². The molecule has 1 rings (SSSR count). The van der Waals surface area contributed by atoms with Crippen molar-refractivity contribution in [2.45, 2.75) is 29.0 Å². The molecule has 0 radical (unpaired) electrons. The van der Waals surface area contributed by atoms with Crippen LogP contribution in [0.3, 0.4) is 0 Å². The van der Waals surface area contributed by atoms with E-state index < -0.39 is 4.87 Å². The number of rotatable bonds is 2. The zero-order chi connectivity index (χ0) is 10.1. The third-order valence-electron chi connectivity index (χ3n) is 1.99. The van der Waals surface area contributed by atoms with Crippen molar-refractivity contribution in [3.05, 3.63) is 23.3 Å². The largest absolute Gasteiger partial charge is 0.122 e. The van der Waals surface area contributed by atoms with Crippen LogP contribution in [0.4, 0.5) is 0 Å². The SMILES string of the molecule is CC(Cl)C(Cl)C1(Cl)C=CC(Cl)=CC1. The Labute approximate surface area is 98.5 Å². The molecule has 3 atom stereocenters. The van der Waals surface area contributed by atoms with Crippen LogP contribution in [0.5, 0.6) is 0 Å². The Bertz CT molecular complexity index is 244. The molecule has 0 N–H and O–H groups in total. The summed E-state index contributed by atoms with van der Waals surface area (Å²) in [6.45, 7) is 1.83. The maximum Gasteiger partial charge on any atom is 0.0841 e. The Balaban J connectivity index is 2.75. The lowest BCUT2D eigenvalue weighted by Gasteiger charge is -2.31. The zero-order valence-corrected chi connectivity index (χ0v) is 10.1. The predicted molar refractivity (Wildman–Crippen MR) is 61.2 cm³/mol. The van der Waals surface area contributed by atoms with Crippen LogP contribution in [-0.4, -0.2) is 15.6 Å². The number of halogens is 4. The smallest absolute Gasteiger partial charge is 0.0841 e. The first-order chi connectivity index (χ1) is 5.96. The van der Waals surface area contributed by atoms with Crippen molar-refractivity contribution in [3.63, 3.8) is 0 Å². The minimum atomic E-state index is -0.596. The van der Waals surface area contributed by atoms with Crippen LogP contribution in [0.2, 0.25) is 0 Å². The van der Waals surface area contributed by atoms with Gasteiger partial charge in [0.05, 0.1) is 10.3 Å². The van der Waals surface area contributed by atoms with Crippen LogP contribution in [0.1, 0.15) is 13.3 Å². The van der Waals surface area contributed by atoms with E-state index in [9.17, 15) is 0 Å². The van der Waals surface area contributed by atoms with E-state index in [1.165, 1.54) is 0 Å². The molecule has 0 saturated carbocycles. The lowest BCUT2D eigenvalue weighted by Crippen LogP contribution is -2.36. The van der Waals surface area contributed by atoms with Crippen molar-refractivity contribution < 1.29 is 0 Å². The maximum atomic E-state index is 6.28. The molecule has 4 heteroatoms. The van der Waals surface area contributed by atoms with Crippen molar-refractivity contribution in [3.8, 4) is 0 Å². The van der Waals surface area contributed by atoms with E-state index in [4.69, 9.17) is 46.4 Å². The van der Waals surface area contributed by atoms with E-state index in [1.807, 2.05) is 19.1 Å². The Hall–Kier alpha value is 0.640. The van der Waals surface area contributed by atoms with Crippen molar-refractivity contribution in [1.29, 1.82) is 0 Å². The molecular formula is C9H10Cl4. The van der Waals surface area contributed by atoms with Gasteiger partial charge in [0, 0.05) is 10.4 Å². The number of hydrogen-bond acceptors (Lipinski definition) is 0. The number of hydrogen-bond donors (Lipinski definition) is 0. The summed E-state index contributed by atoms with van der Waals surface area (Å²) in [5.41, 5.74) is 0. The van der Waals surface area contributed by atoms with Gasteiger partial charge in [-0.25, -0.2) is 0 Å². The van der Waals surface area contributed by atoms with Gasteiger partial charge >= 0.3 is 0 Å². The zero-order valence-electron chi connectivity index (χ0n) is 7.11. The third-order valence-corrected chi connectivity index (χ3v) is 4.05. The molecule has 0 aromatic carbocycles. The van der Waals surface area contributed by atoms with Crippen LogP contribution in [0.25, 0.3) is 0 Å². The Morgan fingerprint density at radius 1 is 1.46 bits per heavy atom. The van der Waals surface area contributed by atoms with Crippen LogP contribution in [0, 0.1) is 0 Å². The second-order valence-electron chi connectivity index (χ2n) is 3.13. The van der Waals surface area contributed by atoms with E-state index in [0.29, 0.717) is 11.5 Å². The van der Waals surface area contributed by atoms with Gasteiger partial charge in [-0.1, -0.05) is 23.8 Å². The van der Waals surface area contributed by atoms with Gasteiger partial charge in [0.1, 0.15) is 0 Å². The highest BCUT2D eigenvalue weighted by atomic mass is 35.5. The number of allylic oxidation sites excluding steroid dienone is 4. The summed E-state index contributed by atoms with van der Waals surface area (Å²) in [5, 5.41) is 0.226. The first-order valence-corrected chi connectivity index (χ1v) is 5.60. The Morgan fingerprint density at radius 3 is 2.46 bits per heavy atom. The summed E-state index contributed by atoms with van der Waals surface area (Å²) < 4.78 is 0. The molecule has 13 heavy (non-hydrogen) atoms. The quantitative estimate of drug-likeness (QED) is 0.650. The molecular weight excluding hydrogens is 250 g/mol. The number of alkyl halides is 3. The molecule has 3 unspecified atom stereocenters. The molecule has 0 saturated heterocycles. The van der Waals surface area contributed by atoms with Crippen LogP contribution < -0.4 is 0 Å². The van der Waals surface area contributed by atoms with Crippen LogP contribution in [0.15, 0.2) is 23.3 Å². The Morgan fingerprint density at radius 2 is 2.08 bits per heavy atom. The predicted octanol–water partition coefficient (Wildman–Crippen LogP) is 4.28. The van der Waals surface area contributed by atoms with Gasteiger partial charge in [0.2, 0.25) is 0 Å². The van der Waals surface area contributed by atoms with Gasteiger partial charge in [-0.15, -0.1) is 34.8 Å². The van der Waals surface area contributed by atoms with E-state index in [2.05, 4.69) is 0 Å². The summed E-state index contributed by atoms with van der Waals surface area (Å²) in [4.78, 5) is -0.596. The molecule has 0 spiro atoms. The first-order valence-electron chi connectivity index (χ1n) is 3.97. The minimum Gasteiger partial charge on any atom is -0.122 e. The van der Waals surface area contributed by atoms with Gasteiger partial charge in [-0.2, -0.15) is 0 Å². The summed E-state index contributed by atoms with van der Waals surface area (Å²) >= 11 is 24.0. The van der Waals surface area contributed by atoms with Crippen molar-refractivity contribution in [2.24, 2.45) is 0 Å². The molecule has 0 bridgehead atoms. The molecule has 1 aliphatic carbocycles. The van der Waals surface area contributed by atoms with Gasteiger partial charge < -0.3 is 0 Å². The van der Waals surface area contributed by atoms with Gasteiger partial charge in [0.15, 0.2) is 0 Å². The molecule has 0 fully saturated rings. The van der Waals surface area contributed by atoms with Crippen LogP contribution >= 0.6 is 46.4 Å². The summed E-state index contributed by atoms with van der Waals surface area (Å²) in [7, 11) is 0. The van der Waals surface area contributed by atoms with E-state index in [1.54, 1.807) is 6.08 Å². The third kappa shape index (κ3) is 2.79. The van der Waals surface area contributed by atoms with E-state index in [0.717, 1.165) is 0 Å². The summed E-state index contributed by atoms with van der Waals surface area (Å²) in [5.74, 6) is 0. The van der Waals surface area contributed by atoms with E-state index >= 15 is 0 Å². The molecule has 0 aliphatic heterocycles. The average Bonchev–Trinajstić information content (AvgIpc) is 2.09. The summed E-state index contributed by atoms with van der Waals surface area (Å²) in [6.07, 6.45) is 6.04. The molecule has 0 heterocycles. The normalized spacial score (nSPS) is 32.5. The minimum absolute atomic E-state index is 0.172. The van der Waals surface area contributed by atoms with Gasteiger partial charge in [0.25, 0.3) is 0 Å². The van der Waals surface area contributed by atoms with Crippen molar-refractivity contribution >= 4 is 46.4 Å². The molecule has 0 aromatic rings. The van der Waals surface area contributed by atoms with Crippen molar-refractivity contribution in [1.82, 2.24) is 0 Å². The lowest BCUT2D eigenvalue weighted by atomic mass is 9.94. The van der Waals surface area contributed by atoms with Gasteiger partial charge in [-0.05, 0) is 19.4 Å². The molecule has 1 aliphatic rings. The first kappa shape index (κ1) is 11.7. The highest BCUT2D eigenvalue weighted by Gasteiger charge is 2.36. The van der Waals surface area contributed by atoms with E-state index in [-0.39, 0.29) is 10.8 Å². The van der Waals surface area contributed by atoms with Crippen molar-refractivity contribution in [2.75, 3.05) is 0 Å². The highest BCUT2D eigenvalue weighted by Crippen LogP contribution is 2.37. The second kappa shape index (κ2) is 4.44. The summed E-state index contributed by atoms with van der Waals surface area (Å²) in [6, 6.07) is 0. The van der Waals surface area contributed by atoms with Crippen LogP contribution in [-0.2, 0) is 0 Å². The highest BCUT2D eigenvalue weighted by molar-refractivity contribution is 6.38. The molecule has 0 amide bonds. The molecule has 0 nitrogen and oxygen atoms in total. The fraction of sp³-hybridized carbons (Fsp3) is 0.556. The lowest BCUT2D eigenvalue weighted by molar-refractivity contribution is 0.635. The molecule has 74 valence electrons. The standard InChI is InChI=1S/C9H10Cl4/c1-6(10)8(12)9(13)4-2-7(11)3-5-9/h2-4,6,8H,5H2,1H3. The maximum absolute atomic E-state index is 6.28. The monoisotopic (exact) mass is 258 g/mol. The fourth-order valence-corrected chi connectivity index (χ4v) is 2.11. The second-order valence-corrected chi connectivity index (χ2v) is 5.43. The average molecular weight is 260 g/mol. The molecule has 0 aromatic heterocycles. The fourth-order valence-electron chi connectivity index (χ4n) is 1.19. The Kier molecular flexibility index (Phi) is 4.00.